The van der Waals surface area contributed by atoms with Crippen LogP contribution in [-0.2, 0) is 20.9 Å². The Hall–Kier alpha value is -3.67. The molecule has 3 atom stereocenters. The third-order valence-electron chi connectivity index (χ3n) is 6.97. The molecule has 1 aromatic heterocycles. The van der Waals surface area contributed by atoms with Gasteiger partial charge in [-0.25, -0.2) is 4.90 Å². The van der Waals surface area contributed by atoms with Crippen LogP contribution in [0.5, 0.6) is 5.75 Å². The number of imide groups is 1. The highest BCUT2D eigenvalue weighted by molar-refractivity contribution is 9.10. The topological polar surface area (TPSA) is 97.7 Å². The fraction of sp³-hybridized carbons (Fsp3) is 0.172. The van der Waals surface area contributed by atoms with Crippen LogP contribution in [0.15, 0.2) is 93.2 Å². The lowest BCUT2D eigenvalue weighted by Gasteiger charge is -2.30. The highest BCUT2D eigenvalue weighted by Gasteiger charge is 2.56. The molecule has 2 aliphatic heterocycles. The second-order valence-electron chi connectivity index (χ2n) is 9.34. The standard InChI is InChI=1S/C29H22BrN3O5S2/c1-38-20-13-9-18(10-14-20)31-21(34)15-32-28-25(40-29(32)37)22(16-5-3-2-4-6-16)23-24(39-28)27(36)33(26(23)35)19-11-7-17(30)8-12-19/h2-14,22-24H,15H2,1H3,(H,31,34)/t22-,23?,24?/m0/s1. The van der Waals surface area contributed by atoms with E-state index < -0.39 is 17.1 Å². The van der Waals surface area contributed by atoms with Gasteiger partial charge in [0.05, 0.1) is 23.7 Å². The van der Waals surface area contributed by atoms with Crippen molar-refractivity contribution in [2.24, 2.45) is 5.92 Å². The van der Waals surface area contributed by atoms with Gasteiger partial charge in [-0.2, -0.15) is 0 Å². The summed E-state index contributed by atoms with van der Waals surface area (Å²) in [5.74, 6) is -1.53. The molecule has 1 fully saturated rings. The second kappa shape index (κ2) is 10.7. The molecule has 1 N–H and O–H groups in total. The summed E-state index contributed by atoms with van der Waals surface area (Å²) in [6.45, 7) is -0.221. The van der Waals surface area contributed by atoms with Crippen molar-refractivity contribution in [1.82, 2.24) is 4.57 Å². The number of benzene rings is 3. The fourth-order valence-corrected chi connectivity index (χ4v) is 8.18. The number of anilines is 2. The summed E-state index contributed by atoms with van der Waals surface area (Å²) in [6.07, 6.45) is 0. The molecule has 1 saturated heterocycles. The van der Waals surface area contributed by atoms with Crippen molar-refractivity contribution in [1.29, 1.82) is 0 Å². The van der Waals surface area contributed by atoms with E-state index in [1.807, 2.05) is 30.3 Å². The molecule has 3 aromatic carbocycles. The number of fused-ring (bicyclic) bond motifs is 2. The van der Waals surface area contributed by atoms with Crippen LogP contribution in [0.3, 0.4) is 0 Å². The van der Waals surface area contributed by atoms with Gasteiger partial charge in [-0.1, -0.05) is 69.4 Å². The number of aromatic nitrogens is 1. The van der Waals surface area contributed by atoms with Crippen LogP contribution in [0, 0.1) is 5.92 Å². The molecule has 0 aliphatic carbocycles. The lowest BCUT2D eigenvalue weighted by atomic mass is 9.83. The first kappa shape index (κ1) is 26.5. The third-order valence-corrected chi connectivity index (χ3v) is 10.1. The Morgan fingerprint density at radius 2 is 1.65 bits per heavy atom. The second-order valence-corrected chi connectivity index (χ2v) is 12.4. The summed E-state index contributed by atoms with van der Waals surface area (Å²) >= 11 is 5.62. The number of amides is 3. The van der Waals surface area contributed by atoms with Crippen molar-refractivity contribution in [3.05, 3.63) is 103 Å². The van der Waals surface area contributed by atoms with Crippen molar-refractivity contribution in [2.75, 3.05) is 17.3 Å². The smallest absolute Gasteiger partial charge is 0.308 e. The van der Waals surface area contributed by atoms with Gasteiger partial charge in [0.1, 0.15) is 17.5 Å². The molecule has 0 bridgehead atoms. The van der Waals surface area contributed by atoms with Gasteiger partial charge in [-0.15, -0.1) is 0 Å². The van der Waals surface area contributed by atoms with Gasteiger partial charge < -0.3 is 10.1 Å². The molecule has 2 aliphatic rings. The molecule has 2 unspecified atom stereocenters. The van der Waals surface area contributed by atoms with Gasteiger partial charge in [0.15, 0.2) is 0 Å². The minimum atomic E-state index is -0.737. The molecular weight excluding hydrogens is 614 g/mol. The zero-order valence-corrected chi connectivity index (χ0v) is 24.3. The highest BCUT2D eigenvalue weighted by atomic mass is 79.9. The summed E-state index contributed by atoms with van der Waals surface area (Å²) in [7, 11) is 1.56. The number of carbonyl (C=O) groups is 3. The molecule has 8 nitrogen and oxygen atoms in total. The number of carbonyl (C=O) groups excluding carboxylic acids is 3. The van der Waals surface area contributed by atoms with E-state index in [0.29, 0.717) is 27.0 Å². The van der Waals surface area contributed by atoms with Crippen LogP contribution in [-0.4, -0.2) is 34.6 Å². The predicted molar refractivity (Wildman–Crippen MR) is 158 cm³/mol. The van der Waals surface area contributed by atoms with Crippen LogP contribution < -0.4 is 19.8 Å². The summed E-state index contributed by atoms with van der Waals surface area (Å²) in [6, 6.07) is 23.4. The Balaban J connectivity index is 1.37. The van der Waals surface area contributed by atoms with E-state index in [4.69, 9.17) is 4.74 Å². The molecule has 3 amide bonds. The van der Waals surface area contributed by atoms with Crippen molar-refractivity contribution in [2.45, 2.75) is 22.7 Å². The molecule has 4 aromatic rings. The first-order valence-corrected chi connectivity index (χ1v) is 14.9. The van der Waals surface area contributed by atoms with E-state index in [-0.39, 0.29) is 29.1 Å². The fourth-order valence-electron chi connectivity index (χ4n) is 5.14. The number of halogens is 1. The zero-order valence-electron chi connectivity index (χ0n) is 21.1. The zero-order chi connectivity index (χ0) is 28.0. The first-order valence-electron chi connectivity index (χ1n) is 12.4. The SMILES string of the molecule is COc1ccc(NC(=O)Cn2c3c(sc2=O)[C@@H](c2ccccc2)C2C(=O)N(c4ccc(Br)cc4)C(=O)C2S3)cc1. The van der Waals surface area contributed by atoms with E-state index >= 15 is 0 Å². The van der Waals surface area contributed by atoms with Gasteiger partial charge >= 0.3 is 4.87 Å². The molecule has 6 rings (SSSR count). The third kappa shape index (κ3) is 4.67. The maximum atomic E-state index is 13.9. The van der Waals surface area contributed by atoms with Gasteiger partial charge in [0.25, 0.3) is 0 Å². The summed E-state index contributed by atoms with van der Waals surface area (Å²) in [5.41, 5.74) is 1.91. The maximum absolute atomic E-state index is 13.9. The molecular formula is C29H22BrN3O5S2. The molecule has 0 radical (unpaired) electrons. The van der Waals surface area contributed by atoms with E-state index in [0.717, 1.165) is 21.4 Å². The predicted octanol–water partition coefficient (Wildman–Crippen LogP) is 5.12. The minimum absolute atomic E-state index is 0.221. The number of thioether (sulfide) groups is 1. The lowest BCUT2D eigenvalue weighted by Crippen LogP contribution is -2.33. The van der Waals surface area contributed by atoms with Crippen molar-refractivity contribution >= 4 is 68.1 Å². The number of nitrogens with one attached hydrogen (secondary N) is 1. The van der Waals surface area contributed by atoms with Crippen molar-refractivity contribution in [3.8, 4) is 5.75 Å². The van der Waals surface area contributed by atoms with Gasteiger partial charge in [-0.3, -0.25) is 23.7 Å². The van der Waals surface area contributed by atoms with Gasteiger partial charge in [-0.05, 0) is 54.1 Å². The van der Waals surface area contributed by atoms with E-state index in [2.05, 4.69) is 21.2 Å². The minimum Gasteiger partial charge on any atom is -0.497 e. The van der Waals surface area contributed by atoms with Crippen LogP contribution >= 0.6 is 39.0 Å². The van der Waals surface area contributed by atoms with Gasteiger partial charge in [0.2, 0.25) is 17.7 Å². The number of hydrogen-bond donors (Lipinski definition) is 1. The van der Waals surface area contributed by atoms with E-state index in [1.165, 1.54) is 21.2 Å². The number of thiazole rings is 1. The van der Waals surface area contributed by atoms with E-state index in [1.54, 1.807) is 55.6 Å². The number of nitrogens with zero attached hydrogens (tertiary/aromatic N) is 2. The van der Waals surface area contributed by atoms with Crippen LogP contribution in [0.1, 0.15) is 16.4 Å². The first-order chi connectivity index (χ1) is 19.4. The lowest BCUT2D eigenvalue weighted by molar-refractivity contribution is -0.122. The molecule has 11 heteroatoms. The molecule has 0 spiro atoms. The number of ether oxygens (including phenoxy) is 1. The maximum Gasteiger partial charge on any atom is 0.308 e. The molecule has 0 saturated carbocycles. The Bertz CT molecular complexity index is 1670. The Morgan fingerprint density at radius 1 is 0.950 bits per heavy atom. The molecule has 202 valence electrons. The van der Waals surface area contributed by atoms with Crippen LogP contribution in [0.25, 0.3) is 0 Å². The number of rotatable bonds is 6. The highest BCUT2D eigenvalue weighted by Crippen LogP contribution is 2.53. The summed E-state index contributed by atoms with van der Waals surface area (Å²) in [5, 5.41) is 2.62. The molecule has 40 heavy (non-hydrogen) atoms. The normalized spacial score (nSPS) is 19.8. The Kier molecular flexibility index (Phi) is 7.11. The number of hydrogen-bond acceptors (Lipinski definition) is 7. The Labute approximate surface area is 246 Å². The van der Waals surface area contributed by atoms with Crippen LogP contribution in [0.2, 0.25) is 0 Å². The largest absolute Gasteiger partial charge is 0.497 e. The Morgan fingerprint density at radius 3 is 2.33 bits per heavy atom. The quantitative estimate of drug-likeness (QED) is 0.296. The van der Waals surface area contributed by atoms with Gasteiger partial charge in [0, 0.05) is 21.0 Å². The van der Waals surface area contributed by atoms with Crippen molar-refractivity contribution < 1.29 is 19.1 Å². The van der Waals surface area contributed by atoms with Crippen LogP contribution in [0.4, 0.5) is 11.4 Å². The van der Waals surface area contributed by atoms with E-state index in [9.17, 15) is 19.2 Å². The summed E-state index contributed by atoms with van der Waals surface area (Å²) < 4.78 is 7.41. The summed E-state index contributed by atoms with van der Waals surface area (Å²) in [4.78, 5) is 55.5. The average molecular weight is 637 g/mol. The monoisotopic (exact) mass is 635 g/mol. The van der Waals surface area contributed by atoms with Crippen molar-refractivity contribution in [3.63, 3.8) is 0 Å². The average Bonchev–Trinajstić information content (AvgIpc) is 3.40. The molecule has 3 heterocycles. The number of methoxy groups -OCH3 is 1.